The topological polar surface area (TPSA) is 87.7 Å². The van der Waals surface area contributed by atoms with Gasteiger partial charge in [0, 0.05) is 18.8 Å². The third-order valence-electron chi connectivity index (χ3n) is 5.72. The maximum atomic E-state index is 13.3. The van der Waals surface area contributed by atoms with E-state index in [1.54, 1.807) is 29.2 Å². The molecule has 2 atom stereocenters. The first-order valence-corrected chi connectivity index (χ1v) is 11.0. The van der Waals surface area contributed by atoms with Crippen LogP contribution in [0.5, 0.6) is 5.75 Å². The molecule has 2 aromatic carbocycles. The molecular formula is C25H31N3O4. The van der Waals surface area contributed by atoms with Gasteiger partial charge in [-0.25, -0.2) is 0 Å². The maximum absolute atomic E-state index is 13.3. The molecule has 0 aromatic heterocycles. The molecule has 7 heteroatoms. The minimum Gasteiger partial charge on any atom is -0.496 e. The number of hydrogen-bond acceptors (Lipinski definition) is 4. The molecule has 0 aliphatic carbocycles. The monoisotopic (exact) mass is 437 g/mol. The second-order valence-electron chi connectivity index (χ2n) is 8.37. The van der Waals surface area contributed by atoms with Crippen molar-refractivity contribution in [3.05, 3.63) is 60.2 Å². The third kappa shape index (κ3) is 5.66. The van der Waals surface area contributed by atoms with Crippen molar-refractivity contribution in [3.8, 4) is 5.75 Å². The quantitative estimate of drug-likeness (QED) is 0.696. The Morgan fingerprint density at radius 2 is 1.72 bits per heavy atom. The number of para-hydroxylation sites is 2. The van der Waals surface area contributed by atoms with Gasteiger partial charge in [-0.2, -0.15) is 0 Å². The van der Waals surface area contributed by atoms with Crippen LogP contribution in [0.15, 0.2) is 54.6 Å². The molecule has 7 nitrogen and oxygen atoms in total. The van der Waals surface area contributed by atoms with Gasteiger partial charge in [-0.15, -0.1) is 0 Å². The van der Waals surface area contributed by atoms with E-state index in [9.17, 15) is 14.4 Å². The van der Waals surface area contributed by atoms with Crippen molar-refractivity contribution in [3.63, 3.8) is 0 Å². The number of hydrogen-bond donors (Lipinski definition) is 2. The molecule has 1 unspecified atom stereocenters. The standard InChI is InChI=1S/C25H31N3O4/c1-17(2)22(27-24(30)20-13-7-8-14-21(20)32-3)25(31)28-15-9-10-18(16-28)23(29)26-19-11-5-4-6-12-19/h4-8,11-14,17-18,22H,9-10,15-16H2,1-3H3,(H,26,29)(H,27,30)/t18?,22-/m0/s1. The normalized spacial score (nSPS) is 16.9. The lowest BCUT2D eigenvalue weighted by molar-refractivity contribution is -0.137. The Labute approximate surface area is 189 Å². The van der Waals surface area contributed by atoms with Gasteiger partial charge in [-0.1, -0.05) is 44.2 Å². The van der Waals surface area contributed by atoms with Gasteiger partial charge in [0.25, 0.3) is 5.91 Å². The van der Waals surface area contributed by atoms with Crippen LogP contribution in [0.1, 0.15) is 37.0 Å². The number of methoxy groups -OCH3 is 1. The molecule has 32 heavy (non-hydrogen) atoms. The third-order valence-corrected chi connectivity index (χ3v) is 5.72. The number of amides is 3. The van der Waals surface area contributed by atoms with Crippen LogP contribution in [-0.4, -0.2) is 48.9 Å². The molecule has 3 amide bonds. The lowest BCUT2D eigenvalue weighted by Crippen LogP contribution is -2.54. The van der Waals surface area contributed by atoms with Crippen molar-refractivity contribution in [2.24, 2.45) is 11.8 Å². The average molecular weight is 438 g/mol. The molecule has 0 radical (unpaired) electrons. The van der Waals surface area contributed by atoms with Gasteiger partial charge in [-0.05, 0) is 43.0 Å². The first-order valence-electron chi connectivity index (χ1n) is 11.0. The highest BCUT2D eigenvalue weighted by molar-refractivity contribution is 6.00. The Kier molecular flexibility index (Phi) is 7.87. The molecule has 1 aliphatic rings. The molecule has 2 N–H and O–H groups in total. The van der Waals surface area contributed by atoms with Crippen molar-refractivity contribution in [2.45, 2.75) is 32.7 Å². The zero-order valence-corrected chi connectivity index (χ0v) is 18.8. The van der Waals surface area contributed by atoms with E-state index in [0.29, 0.717) is 24.4 Å². The summed E-state index contributed by atoms with van der Waals surface area (Å²) in [7, 11) is 1.51. The smallest absolute Gasteiger partial charge is 0.255 e. The van der Waals surface area contributed by atoms with Gasteiger partial charge in [0.15, 0.2) is 0 Å². The fourth-order valence-electron chi connectivity index (χ4n) is 3.92. The maximum Gasteiger partial charge on any atom is 0.255 e. The van der Waals surface area contributed by atoms with Crippen LogP contribution < -0.4 is 15.4 Å². The fourth-order valence-corrected chi connectivity index (χ4v) is 3.92. The number of benzene rings is 2. The van der Waals surface area contributed by atoms with E-state index in [-0.39, 0.29) is 29.6 Å². The summed E-state index contributed by atoms with van der Waals surface area (Å²) in [6, 6.07) is 15.5. The minimum atomic E-state index is -0.691. The number of carbonyl (C=O) groups excluding carboxylic acids is 3. The Morgan fingerprint density at radius 3 is 2.41 bits per heavy atom. The summed E-state index contributed by atoms with van der Waals surface area (Å²) in [6.45, 7) is 4.70. The van der Waals surface area contributed by atoms with E-state index in [1.807, 2.05) is 44.2 Å². The number of rotatable bonds is 7. The van der Waals surface area contributed by atoms with Gasteiger partial charge >= 0.3 is 0 Å². The summed E-state index contributed by atoms with van der Waals surface area (Å²) in [6.07, 6.45) is 1.46. The highest BCUT2D eigenvalue weighted by Crippen LogP contribution is 2.22. The fraction of sp³-hybridized carbons (Fsp3) is 0.400. The van der Waals surface area contributed by atoms with Crippen molar-refractivity contribution >= 4 is 23.4 Å². The molecule has 1 fully saturated rings. The molecule has 0 spiro atoms. The van der Waals surface area contributed by atoms with Crippen LogP contribution in [0.3, 0.4) is 0 Å². The molecule has 170 valence electrons. The second kappa shape index (κ2) is 10.8. The van der Waals surface area contributed by atoms with Gasteiger partial charge in [0.05, 0.1) is 18.6 Å². The molecule has 3 rings (SSSR count). The van der Waals surface area contributed by atoms with Gasteiger partial charge < -0.3 is 20.3 Å². The van der Waals surface area contributed by atoms with Gasteiger partial charge in [-0.3, -0.25) is 14.4 Å². The predicted molar refractivity (Wildman–Crippen MR) is 123 cm³/mol. The van der Waals surface area contributed by atoms with Crippen LogP contribution in [0.4, 0.5) is 5.69 Å². The van der Waals surface area contributed by atoms with Crippen LogP contribution in [0, 0.1) is 11.8 Å². The first kappa shape index (κ1) is 23.3. The van der Waals surface area contributed by atoms with Gasteiger partial charge in [0.2, 0.25) is 11.8 Å². The van der Waals surface area contributed by atoms with E-state index in [4.69, 9.17) is 4.74 Å². The Morgan fingerprint density at radius 1 is 1.03 bits per heavy atom. The number of nitrogens with one attached hydrogen (secondary N) is 2. The van der Waals surface area contributed by atoms with Crippen molar-refractivity contribution in [1.82, 2.24) is 10.2 Å². The summed E-state index contributed by atoms with van der Waals surface area (Å²) in [5.41, 5.74) is 1.12. The Balaban J connectivity index is 1.67. The van der Waals surface area contributed by atoms with Crippen LogP contribution in [-0.2, 0) is 9.59 Å². The molecule has 0 saturated carbocycles. The van der Waals surface area contributed by atoms with Gasteiger partial charge in [0.1, 0.15) is 11.8 Å². The molecule has 1 heterocycles. The molecule has 0 bridgehead atoms. The highest BCUT2D eigenvalue weighted by atomic mass is 16.5. The summed E-state index contributed by atoms with van der Waals surface area (Å²) in [5, 5.41) is 5.81. The van der Waals surface area contributed by atoms with Crippen LogP contribution in [0.25, 0.3) is 0 Å². The predicted octanol–water partition coefficient (Wildman–Crippen LogP) is 3.33. The van der Waals surface area contributed by atoms with E-state index in [2.05, 4.69) is 10.6 Å². The van der Waals surface area contributed by atoms with Crippen LogP contribution in [0.2, 0.25) is 0 Å². The van der Waals surface area contributed by atoms with E-state index >= 15 is 0 Å². The molecular weight excluding hydrogens is 406 g/mol. The summed E-state index contributed by atoms with van der Waals surface area (Å²) in [4.78, 5) is 40.7. The summed E-state index contributed by atoms with van der Waals surface area (Å²) >= 11 is 0. The molecule has 1 aliphatic heterocycles. The largest absolute Gasteiger partial charge is 0.496 e. The van der Waals surface area contributed by atoms with Crippen LogP contribution >= 0.6 is 0 Å². The van der Waals surface area contributed by atoms with E-state index < -0.39 is 6.04 Å². The average Bonchev–Trinajstić information content (AvgIpc) is 2.82. The Bertz CT molecular complexity index is 945. The lowest BCUT2D eigenvalue weighted by Gasteiger charge is -2.35. The number of carbonyl (C=O) groups is 3. The number of nitrogens with zero attached hydrogens (tertiary/aromatic N) is 1. The number of anilines is 1. The van der Waals surface area contributed by atoms with Crippen molar-refractivity contribution in [1.29, 1.82) is 0 Å². The minimum absolute atomic E-state index is 0.0899. The molecule has 2 aromatic rings. The first-order chi connectivity index (χ1) is 15.4. The van der Waals surface area contributed by atoms with E-state index in [0.717, 1.165) is 18.5 Å². The number of likely N-dealkylation sites (tertiary alicyclic amines) is 1. The lowest BCUT2D eigenvalue weighted by atomic mass is 9.94. The number of piperidine rings is 1. The summed E-state index contributed by atoms with van der Waals surface area (Å²) in [5.74, 6) is -0.556. The van der Waals surface area contributed by atoms with Crippen molar-refractivity contribution in [2.75, 3.05) is 25.5 Å². The summed E-state index contributed by atoms with van der Waals surface area (Å²) < 4.78 is 5.27. The van der Waals surface area contributed by atoms with Crippen molar-refractivity contribution < 1.29 is 19.1 Å². The van der Waals surface area contributed by atoms with E-state index in [1.165, 1.54) is 7.11 Å². The zero-order valence-electron chi connectivity index (χ0n) is 18.8. The SMILES string of the molecule is COc1ccccc1C(=O)N[C@H](C(=O)N1CCCC(C(=O)Nc2ccccc2)C1)C(C)C. The zero-order chi connectivity index (χ0) is 23.1. The highest BCUT2D eigenvalue weighted by Gasteiger charge is 2.34. The Hall–Kier alpha value is -3.35. The molecule has 1 saturated heterocycles. The second-order valence-corrected chi connectivity index (χ2v) is 8.37. The number of ether oxygens (including phenoxy) is 1.